The Bertz CT molecular complexity index is 593. The van der Waals surface area contributed by atoms with E-state index in [2.05, 4.69) is 8.92 Å². The Morgan fingerprint density at radius 1 is 1.26 bits per heavy atom. The summed E-state index contributed by atoms with van der Waals surface area (Å²) in [4.78, 5) is 10.9. The van der Waals surface area contributed by atoms with E-state index in [0.29, 0.717) is 5.56 Å². The second kappa shape index (κ2) is 6.19. The monoisotopic (exact) mass is 290 g/mol. The smallest absolute Gasteiger partial charge is 0.488 e. The van der Waals surface area contributed by atoms with Gasteiger partial charge in [0, 0.05) is 6.08 Å². The molecule has 0 saturated carbocycles. The van der Waals surface area contributed by atoms with Crippen LogP contribution in [0.4, 0.5) is 3.89 Å². The molecule has 8 heteroatoms. The van der Waals surface area contributed by atoms with Gasteiger partial charge in [-0.15, -0.1) is 0 Å². The van der Waals surface area contributed by atoms with Gasteiger partial charge < -0.3 is 13.7 Å². The second-order valence-corrected chi connectivity index (χ2v) is 4.20. The minimum absolute atomic E-state index is 0.0384. The van der Waals surface area contributed by atoms with Gasteiger partial charge >= 0.3 is 16.5 Å². The molecule has 0 saturated heterocycles. The number of carbonyl (C=O) groups excluding carboxylic acids is 1. The van der Waals surface area contributed by atoms with Crippen molar-refractivity contribution in [1.82, 2.24) is 0 Å². The highest BCUT2D eigenvalue weighted by atomic mass is 32.3. The third-order valence-corrected chi connectivity index (χ3v) is 2.37. The summed E-state index contributed by atoms with van der Waals surface area (Å²) in [5.41, 5.74) is 0.407. The second-order valence-electron chi connectivity index (χ2n) is 3.24. The number of carbonyl (C=O) groups is 1. The number of esters is 1. The van der Waals surface area contributed by atoms with Crippen molar-refractivity contribution >= 4 is 22.5 Å². The van der Waals surface area contributed by atoms with Gasteiger partial charge in [-0.1, -0.05) is 9.95 Å². The van der Waals surface area contributed by atoms with Gasteiger partial charge in [-0.2, -0.15) is 8.42 Å². The molecule has 1 rings (SSSR count). The van der Waals surface area contributed by atoms with Crippen LogP contribution in [0.1, 0.15) is 5.56 Å². The summed E-state index contributed by atoms with van der Waals surface area (Å²) >= 11 is 0. The van der Waals surface area contributed by atoms with Crippen LogP contribution >= 0.6 is 0 Å². The van der Waals surface area contributed by atoms with E-state index in [9.17, 15) is 17.1 Å². The van der Waals surface area contributed by atoms with Crippen LogP contribution in [0.3, 0.4) is 0 Å². The van der Waals surface area contributed by atoms with Gasteiger partial charge in [0.15, 0.2) is 11.5 Å². The molecule has 0 aliphatic heterocycles. The van der Waals surface area contributed by atoms with Gasteiger partial charge in [0.1, 0.15) is 0 Å². The largest absolute Gasteiger partial charge is 0.493 e. The molecule has 0 aliphatic carbocycles. The highest BCUT2D eigenvalue weighted by molar-refractivity contribution is 7.81. The summed E-state index contributed by atoms with van der Waals surface area (Å²) in [5, 5.41) is 0. The average Bonchev–Trinajstić information content (AvgIpc) is 2.34. The molecular weight excluding hydrogens is 279 g/mol. The number of benzene rings is 1. The van der Waals surface area contributed by atoms with Crippen LogP contribution in [0, 0.1) is 0 Å². The lowest BCUT2D eigenvalue weighted by Crippen LogP contribution is -2.03. The standard InChI is InChI=1S/C11H11FO6S/c1-16-9-5-3-8(4-6-11(13)17-2)7-10(9)18-19(12,14)15/h3-7H,1-2H3/b6-4+. The summed E-state index contributed by atoms with van der Waals surface area (Å²) in [6.07, 6.45) is 2.47. The lowest BCUT2D eigenvalue weighted by molar-refractivity contribution is -0.134. The third kappa shape index (κ3) is 4.96. The fourth-order valence-electron chi connectivity index (χ4n) is 1.20. The van der Waals surface area contributed by atoms with Crippen molar-refractivity contribution in [3.05, 3.63) is 29.8 Å². The number of ether oxygens (including phenoxy) is 2. The van der Waals surface area contributed by atoms with Crippen LogP contribution < -0.4 is 8.92 Å². The molecule has 0 aromatic heterocycles. The van der Waals surface area contributed by atoms with Crippen LogP contribution in [0.15, 0.2) is 24.3 Å². The Hall–Kier alpha value is -2.09. The Kier molecular flexibility index (Phi) is 4.87. The summed E-state index contributed by atoms with van der Waals surface area (Å²) < 4.78 is 46.7. The van der Waals surface area contributed by atoms with E-state index in [-0.39, 0.29) is 11.5 Å². The van der Waals surface area contributed by atoms with Gasteiger partial charge in [0.2, 0.25) is 0 Å². The molecular formula is C11H11FO6S. The zero-order valence-corrected chi connectivity index (χ0v) is 10.9. The molecule has 104 valence electrons. The lowest BCUT2D eigenvalue weighted by Gasteiger charge is -2.07. The molecule has 19 heavy (non-hydrogen) atoms. The van der Waals surface area contributed by atoms with E-state index >= 15 is 0 Å². The van der Waals surface area contributed by atoms with Crippen molar-refractivity contribution in [2.24, 2.45) is 0 Å². The predicted octanol–water partition coefficient (Wildman–Crippen LogP) is 1.47. The van der Waals surface area contributed by atoms with Gasteiger partial charge in [0.05, 0.1) is 14.2 Å². The van der Waals surface area contributed by atoms with E-state index < -0.39 is 16.5 Å². The van der Waals surface area contributed by atoms with Crippen LogP contribution in [-0.2, 0) is 20.0 Å². The summed E-state index contributed by atoms with van der Waals surface area (Å²) in [6.45, 7) is 0. The quantitative estimate of drug-likeness (QED) is 0.464. The molecule has 1 aromatic carbocycles. The van der Waals surface area contributed by atoms with Gasteiger partial charge in [-0.25, -0.2) is 4.79 Å². The number of hydrogen-bond donors (Lipinski definition) is 0. The zero-order chi connectivity index (χ0) is 14.5. The van der Waals surface area contributed by atoms with Gasteiger partial charge in [0.25, 0.3) is 0 Å². The van der Waals surface area contributed by atoms with Crippen LogP contribution in [0.5, 0.6) is 11.5 Å². The van der Waals surface area contributed by atoms with Crippen LogP contribution in [0.25, 0.3) is 6.08 Å². The first-order valence-corrected chi connectivity index (χ1v) is 6.24. The van der Waals surface area contributed by atoms with E-state index in [0.717, 1.165) is 6.08 Å². The van der Waals surface area contributed by atoms with Crippen molar-refractivity contribution in [1.29, 1.82) is 0 Å². The molecule has 0 heterocycles. The van der Waals surface area contributed by atoms with E-state index in [4.69, 9.17) is 4.74 Å². The number of hydrogen-bond acceptors (Lipinski definition) is 6. The van der Waals surface area contributed by atoms with Crippen molar-refractivity contribution in [2.75, 3.05) is 14.2 Å². The van der Waals surface area contributed by atoms with Crippen molar-refractivity contribution < 1.29 is 30.8 Å². The van der Waals surface area contributed by atoms with Gasteiger partial charge in [-0.05, 0) is 23.8 Å². The lowest BCUT2D eigenvalue weighted by atomic mass is 10.2. The molecule has 0 spiro atoms. The number of methoxy groups -OCH3 is 2. The minimum atomic E-state index is -5.16. The Balaban J connectivity index is 3.08. The van der Waals surface area contributed by atoms with Gasteiger partial charge in [-0.3, -0.25) is 0 Å². The van der Waals surface area contributed by atoms with Crippen LogP contribution in [-0.4, -0.2) is 28.6 Å². The molecule has 0 bridgehead atoms. The van der Waals surface area contributed by atoms with Crippen molar-refractivity contribution in [2.45, 2.75) is 0 Å². The molecule has 0 N–H and O–H groups in total. The molecule has 6 nitrogen and oxygen atoms in total. The predicted molar refractivity (Wildman–Crippen MR) is 64.7 cm³/mol. The molecule has 1 aromatic rings. The highest BCUT2D eigenvalue weighted by Gasteiger charge is 2.14. The highest BCUT2D eigenvalue weighted by Crippen LogP contribution is 2.30. The third-order valence-electron chi connectivity index (χ3n) is 1.99. The molecule has 0 atom stereocenters. The Labute approximate surface area is 109 Å². The summed E-state index contributed by atoms with van der Waals surface area (Å²) in [7, 11) is -2.67. The van der Waals surface area contributed by atoms with Crippen molar-refractivity contribution in [3.8, 4) is 11.5 Å². The normalized spacial score (nSPS) is 11.3. The first kappa shape index (κ1) is 15.0. The topological polar surface area (TPSA) is 78.9 Å². The summed E-state index contributed by atoms with van der Waals surface area (Å²) in [6, 6.07) is 4.10. The van der Waals surface area contributed by atoms with E-state index in [1.165, 1.54) is 38.5 Å². The number of rotatable bonds is 5. The maximum atomic E-state index is 12.5. The van der Waals surface area contributed by atoms with E-state index in [1.54, 1.807) is 0 Å². The fraction of sp³-hybridized carbons (Fsp3) is 0.182. The zero-order valence-electron chi connectivity index (χ0n) is 10.1. The molecule has 0 aliphatic rings. The maximum absolute atomic E-state index is 12.5. The molecule has 0 radical (unpaired) electrons. The number of halogens is 1. The molecule has 0 unspecified atom stereocenters. The fourth-order valence-corrected chi connectivity index (χ4v) is 1.55. The first-order valence-electron chi connectivity index (χ1n) is 4.94. The SMILES string of the molecule is COC(=O)/C=C/c1ccc(OC)c(OS(=O)(=O)F)c1. The maximum Gasteiger partial charge on any atom is 0.488 e. The average molecular weight is 290 g/mol. The van der Waals surface area contributed by atoms with Crippen molar-refractivity contribution in [3.63, 3.8) is 0 Å². The molecule has 0 fully saturated rings. The minimum Gasteiger partial charge on any atom is -0.493 e. The Morgan fingerprint density at radius 2 is 1.95 bits per heavy atom. The van der Waals surface area contributed by atoms with Crippen LogP contribution in [0.2, 0.25) is 0 Å². The summed E-state index contributed by atoms with van der Waals surface area (Å²) in [5.74, 6) is -0.871. The van der Waals surface area contributed by atoms with E-state index in [1.807, 2.05) is 0 Å². The molecule has 0 amide bonds. The first-order chi connectivity index (χ1) is 8.85. The Morgan fingerprint density at radius 3 is 2.47 bits per heavy atom.